The number of fused-ring (bicyclic) bond motifs is 2. The van der Waals surface area contributed by atoms with Gasteiger partial charge >= 0.3 is 0 Å². The minimum Gasteiger partial charge on any atom is -0.454 e. The van der Waals surface area contributed by atoms with Crippen LogP contribution >= 0.6 is 0 Å². The third kappa shape index (κ3) is 3.07. The van der Waals surface area contributed by atoms with Gasteiger partial charge in [-0.2, -0.15) is 5.26 Å². The van der Waals surface area contributed by atoms with E-state index < -0.39 is 5.91 Å². The maximum atomic E-state index is 12.4. The normalized spacial score (nSPS) is 14.7. The van der Waals surface area contributed by atoms with Crippen molar-refractivity contribution < 1.29 is 14.3 Å². The second-order valence-electron chi connectivity index (χ2n) is 6.10. The first-order valence-electron chi connectivity index (χ1n) is 8.38. The summed E-state index contributed by atoms with van der Waals surface area (Å²) >= 11 is 0. The maximum absolute atomic E-state index is 12.4. The summed E-state index contributed by atoms with van der Waals surface area (Å²) in [5.41, 5.74) is 3.24. The summed E-state index contributed by atoms with van der Waals surface area (Å²) in [5.74, 6) is 0.974. The highest BCUT2D eigenvalue weighted by molar-refractivity contribution is 5.97. The summed E-state index contributed by atoms with van der Waals surface area (Å²) in [5, 5.41) is 12.2. The number of anilines is 1. The van der Waals surface area contributed by atoms with Crippen LogP contribution in [0.4, 0.5) is 5.69 Å². The number of hydrogen-bond acceptors (Lipinski definition) is 5. The molecule has 6 heteroatoms. The van der Waals surface area contributed by atoms with Crippen molar-refractivity contribution in [2.45, 2.75) is 13.0 Å². The van der Waals surface area contributed by atoms with Crippen molar-refractivity contribution in [1.29, 1.82) is 5.26 Å². The molecule has 0 saturated heterocycles. The SMILES string of the molecule is N#C/C(=C/N1CCc2ccccc21)C(=O)NCc1ccc2c(c1)OCO2. The van der Waals surface area contributed by atoms with Crippen LogP contribution in [-0.2, 0) is 17.8 Å². The molecule has 0 aliphatic carbocycles. The number of nitrogens with one attached hydrogen (secondary N) is 1. The van der Waals surface area contributed by atoms with E-state index in [1.807, 2.05) is 47.4 Å². The number of carbonyl (C=O) groups excluding carboxylic acids is 1. The first kappa shape index (κ1) is 16.0. The zero-order valence-corrected chi connectivity index (χ0v) is 14.1. The summed E-state index contributed by atoms with van der Waals surface area (Å²) in [6.07, 6.45) is 2.53. The van der Waals surface area contributed by atoms with Crippen molar-refractivity contribution in [1.82, 2.24) is 5.32 Å². The van der Waals surface area contributed by atoms with E-state index in [1.165, 1.54) is 5.56 Å². The van der Waals surface area contributed by atoms with E-state index in [0.717, 1.165) is 24.2 Å². The smallest absolute Gasteiger partial charge is 0.263 e. The second kappa shape index (κ2) is 6.81. The third-order valence-corrected chi connectivity index (χ3v) is 4.46. The lowest BCUT2D eigenvalue weighted by molar-refractivity contribution is -0.117. The summed E-state index contributed by atoms with van der Waals surface area (Å²) in [7, 11) is 0. The molecule has 4 rings (SSSR count). The highest BCUT2D eigenvalue weighted by Gasteiger charge is 2.19. The largest absolute Gasteiger partial charge is 0.454 e. The number of benzene rings is 2. The topological polar surface area (TPSA) is 74.6 Å². The summed E-state index contributed by atoms with van der Waals surface area (Å²) < 4.78 is 10.6. The van der Waals surface area contributed by atoms with Crippen LogP contribution in [0.3, 0.4) is 0 Å². The zero-order valence-electron chi connectivity index (χ0n) is 14.1. The first-order chi connectivity index (χ1) is 12.7. The van der Waals surface area contributed by atoms with Crippen LogP contribution in [-0.4, -0.2) is 19.2 Å². The number of nitrogens with zero attached hydrogens (tertiary/aromatic N) is 2. The lowest BCUT2D eigenvalue weighted by Gasteiger charge is -2.14. The number of ether oxygens (including phenoxy) is 2. The predicted molar refractivity (Wildman–Crippen MR) is 95.6 cm³/mol. The molecule has 0 saturated carbocycles. The molecule has 1 N–H and O–H groups in total. The molecule has 0 spiro atoms. The minimum absolute atomic E-state index is 0.0856. The van der Waals surface area contributed by atoms with E-state index in [0.29, 0.717) is 18.0 Å². The number of amides is 1. The van der Waals surface area contributed by atoms with Gasteiger partial charge in [-0.1, -0.05) is 24.3 Å². The molecule has 2 aliphatic rings. The molecule has 0 bridgehead atoms. The van der Waals surface area contributed by atoms with Gasteiger partial charge in [-0.05, 0) is 35.7 Å². The Morgan fingerprint density at radius 1 is 1.23 bits per heavy atom. The van der Waals surface area contributed by atoms with Crippen molar-refractivity contribution in [3.8, 4) is 17.6 Å². The Morgan fingerprint density at radius 3 is 2.96 bits per heavy atom. The fourth-order valence-electron chi connectivity index (χ4n) is 3.12. The standard InChI is InChI=1S/C20H17N3O3/c21-10-16(12-23-8-7-15-3-1-2-4-17(15)23)20(24)22-11-14-5-6-18-19(9-14)26-13-25-18/h1-6,9,12H,7-8,11,13H2,(H,22,24)/b16-12-. The molecule has 0 fully saturated rings. The molecule has 1 amide bonds. The van der Waals surface area contributed by atoms with Gasteiger partial charge in [-0.25, -0.2) is 0 Å². The van der Waals surface area contributed by atoms with Crippen LogP contribution in [0.2, 0.25) is 0 Å². The predicted octanol–water partition coefficient (Wildman–Crippen LogP) is 2.50. The molecule has 0 radical (unpaired) electrons. The van der Waals surface area contributed by atoms with E-state index in [4.69, 9.17) is 9.47 Å². The molecular weight excluding hydrogens is 330 g/mol. The van der Waals surface area contributed by atoms with Gasteiger partial charge in [0.1, 0.15) is 11.6 Å². The maximum Gasteiger partial charge on any atom is 0.263 e. The molecule has 26 heavy (non-hydrogen) atoms. The van der Waals surface area contributed by atoms with E-state index >= 15 is 0 Å². The van der Waals surface area contributed by atoms with Gasteiger partial charge in [-0.3, -0.25) is 4.79 Å². The highest BCUT2D eigenvalue weighted by Crippen LogP contribution is 2.32. The Hall–Kier alpha value is -3.46. The van der Waals surface area contributed by atoms with Crippen LogP contribution < -0.4 is 19.7 Å². The van der Waals surface area contributed by atoms with Crippen LogP contribution in [0, 0.1) is 11.3 Å². The van der Waals surface area contributed by atoms with Gasteiger partial charge < -0.3 is 19.7 Å². The number of hydrogen-bond donors (Lipinski definition) is 1. The molecule has 2 heterocycles. The van der Waals surface area contributed by atoms with E-state index in [2.05, 4.69) is 11.4 Å². The number of nitriles is 1. The van der Waals surface area contributed by atoms with Crippen LogP contribution in [0.15, 0.2) is 54.2 Å². The fraction of sp³-hybridized carbons (Fsp3) is 0.200. The van der Waals surface area contributed by atoms with Crippen LogP contribution in [0.25, 0.3) is 0 Å². The average molecular weight is 347 g/mol. The quantitative estimate of drug-likeness (QED) is 0.679. The molecular formula is C20H17N3O3. The summed E-state index contributed by atoms with van der Waals surface area (Å²) in [4.78, 5) is 14.3. The Bertz CT molecular complexity index is 930. The van der Waals surface area contributed by atoms with E-state index in [9.17, 15) is 10.1 Å². The average Bonchev–Trinajstić information content (AvgIpc) is 3.30. The van der Waals surface area contributed by atoms with Crippen molar-refractivity contribution in [2.24, 2.45) is 0 Å². The van der Waals surface area contributed by atoms with Gasteiger partial charge in [0.2, 0.25) is 6.79 Å². The van der Waals surface area contributed by atoms with Crippen molar-refractivity contribution >= 4 is 11.6 Å². The lowest BCUT2D eigenvalue weighted by Crippen LogP contribution is -2.26. The zero-order chi connectivity index (χ0) is 17.9. The van der Waals surface area contributed by atoms with Crippen LogP contribution in [0.1, 0.15) is 11.1 Å². The molecule has 2 aromatic rings. The number of rotatable bonds is 4. The lowest BCUT2D eigenvalue weighted by atomic mass is 10.2. The van der Waals surface area contributed by atoms with Crippen molar-refractivity contribution in [3.05, 3.63) is 65.4 Å². The van der Waals surface area contributed by atoms with Gasteiger partial charge in [0.15, 0.2) is 11.5 Å². The monoisotopic (exact) mass is 347 g/mol. The number of para-hydroxylation sites is 1. The third-order valence-electron chi connectivity index (χ3n) is 4.46. The molecule has 0 unspecified atom stereocenters. The van der Waals surface area contributed by atoms with Crippen molar-refractivity contribution in [2.75, 3.05) is 18.2 Å². The van der Waals surface area contributed by atoms with Gasteiger partial charge in [0, 0.05) is 25.0 Å². The molecule has 0 atom stereocenters. The van der Waals surface area contributed by atoms with Gasteiger partial charge in [0.25, 0.3) is 5.91 Å². The van der Waals surface area contributed by atoms with Gasteiger partial charge in [0.05, 0.1) is 0 Å². The molecule has 0 aromatic heterocycles. The number of carbonyl (C=O) groups is 1. The Morgan fingerprint density at radius 2 is 2.08 bits per heavy atom. The Balaban J connectivity index is 1.44. The summed E-state index contributed by atoms with van der Waals surface area (Å²) in [6, 6.07) is 15.5. The highest BCUT2D eigenvalue weighted by atomic mass is 16.7. The molecule has 2 aromatic carbocycles. The fourth-order valence-corrected chi connectivity index (χ4v) is 3.12. The Labute approximate surface area is 151 Å². The molecule has 2 aliphatic heterocycles. The van der Waals surface area contributed by atoms with Crippen molar-refractivity contribution in [3.63, 3.8) is 0 Å². The van der Waals surface area contributed by atoms with E-state index in [-0.39, 0.29) is 12.4 Å². The first-order valence-corrected chi connectivity index (χ1v) is 8.38. The summed E-state index contributed by atoms with van der Waals surface area (Å²) in [6.45, 7) is 1.29. The molecule has 130 valence electrons. The van der Waals surface area contributed by atoms with Gasteiger partial charge in [-0.15, -0.1) is 0 Å². The second-order valence-corrected chi connectivity index (χ2v) is 6.10. The van der Waals surface area contributed by atoms with E-state index in [1.54, 1.807) is 6.20 Å². The van der Waals surface area contributed by atoms with Crippen LogP contribution in [0.5, 0.6) is 11.5 Å². The Kier molecular flexibility index (Phi) is 4.20. The minimum atomic E-state index is -0.394. The molecule has 6 nitrogen and oxygen atoms in total.